The van der Waals surface area contributed by atoms with Gasteiger partial charge in [-0.25, -0.2) is 0 Å². The molecule has 0 aromatic carbocycles. The number of aliphatic hydroxyl groups excluding tert-OH is 1. The van der Waals surface area contributed by atoms with Crippen LogP contribution in [0.25, 0.3) is 0 Å². The minimum Gasteiger partial charge on any atom is -0.394 e. The molecule has 0 saturated heterocycles. The van der Waals surface area contributed by atoms with Crippen molar-refractivity contribution in [1.29, 1.82) is 0 Å². The lowest BCUT2D eigenvalue weighted by Crippen LogP contribution is -2.67. The van der Waals surface area contributed by atoms with Crippen molar-refractivity contribution in [1.82, 2.24) is 0 Å². The van der Waals surface area contributed by atoms with Crippen LogP contribution in [0.5, 0.6) is 0 Å². The highest BCUT2D eigenvalue weighted by Crippen LogP contribution is 2.76. The molecule has 0 rings (SSSR count). The minimum absolute atomic E-state index is 0.201. The standard InChI is InChI=1S/C9H4Br16O/c10-2(11)4(14,15)6(18,19)8(22,23)9(24,25)7(20,21)5(16,17)3(12,13)1-26/h2,26H,1H2. The molecule has 0 fully saturated rings. The Hall–Kier alpha value is 7.64. The second kappa shape index (κ2) is 11.4. The van der Waals surface area contributed by atoms with Gasteiger partial charge in [-0.05, 0) is 0 Å². The summed E-state index contributed by atoms with van der Waals surface area (Å²) in [6.07, 6.45) is 0. The largest absolute Gasteiger partial charge is 0.394 e. The molecule has 0 atom stereocenters. The second-order valence-electron chi connectivity index (χ2n) is 4.66. The summed E-state index contributed by atoms with van der Waals surface area (Å²) < 4.78 is -6.80. The zero-order valence-electron chi connectivity index (χ0n) is 11.3. The molecule has 0 aliphatic heterocycles. The molecule has 0 bridgehead atoms. The molecule has 158 valence electrons. The van der Waals surface area contributed by atoms with Crippen molar-refractivity contribution in [3.63, 3.8) is 0 Å². The summed E-state index contributed by atoms with van der Waals surface area (Å²) in [5.74, 6) is 0. The van der Waals surface area contributed by atoms with Gasteiger partial charge in [-0.3, -0.25) is 0 Å². The van der Waals surface area contributed by atoms with Crippen LogP contribution in [0.4, 0.5) is 0 Å². The van der Waals surface area contributed by atoms with E-state index in [1.807, 2.05) is 0 Å². The summed E-state index contributed by atoms with van der Waals surface area (Å²) in [6, 6.07) is 0. The summed E-state index contributed by atoms with van der Waals surface area (Å²) in [5.41, 5.74) is 0. The van der Waals surface area contributed by atoms with Gasteiger partial charge in [0.15, 0.2) is 0 Å². The van der Waals surface area contributed by atoms with Gasteiger partial charge in [0.25, 0.3) is 0 Å². The van der Waals surface area contributed by atoms with Crippen molar-refractivity contribution in [3.8, 4) is 0 Å². The maximum atomic E-state index is 9.83. The average Bonchev–Trinajstić information content (AvgIpc) is 2.45. The third-order valence-corrected chi connectivity index (χ3v) is 35.4. The van der Waals surface area contributed by atoms with E-state index in [4.69, 9.17) is 0 Å². The first-order chi connectivity index (χ1) is 11.0. The average molecular weight is 1410 g/mol. The van der Waals surface area contributed by atoms with Gasteiger partial charge in [0.2, 0.25) is 0 Å². The molecule has 0 radical (unpaired) electrons. The van der Waals surface area contributed by atoms with Crippen LogP contribution in [-0.4, -0.2) is 38.1 Å². The van der Waals surface area contributed by atoms with Crippen molar-refractivity contribution in [2.75, 3.05) is 6.61 Å². The fourth-order valence-corrected chi connectivity index (χ4v) is 15.3. The molecule has 0 saturated carbocycles. The highest BCUT2D eigenvalue weighted by atomic mass is 79.9. The molecular weight excluding hydrogens is 1400 g/mol. The predicted octanol–water partition coefficient (Wildman–Crippen LogP) is 11.5. The zero-order valence-corrected chi connectivity index (χ0v) is 36.7. The number of rotatable bonds is 8. The van der Waals surface area contributed by atoms with E-state index in [-0.39, 0.29) is 10.3 Å². The summed E-state index contributed by atoms with van der Waals surface area (Å²) in [4.78, 5) is 0. The predicted molar refractivity (Wildman–Crippen MR) is 173 cm³/mol. The first-order valence-electron chi connectivity index (χ1n) is 5.54. The molecule has 26 heavy (non-hydrogen) atoms. The van der Waals surface area contributed by atoms with Crippen molar-refractivity contribution >= 4 is 255 Å². The Bertz CT molecular complexity index is 508. The highest BCUT2D eigenvalue weighted by molar-refractivity contribution is 9.37. The number of hydrogen-bond donors (Lipinski definition) is 1. The second-order valence-corrected chi connectivity index (χ2v) is 32.3. The van der Waals surface area contributed by atoms with Crippen LogP contribution in [0.3, 0.4) is 0 Å². The van der Waals surface area contributed by atoms with E-state index in [9.17, 15) is 5.11 Å². The first kappa shape index (κ1) is 33.6. The van der Waals surface area contributed by atoms with Gasteiger partial charge in [-0.1, -0.05) is 255 Å². The number of hydrogen-bond acceptors (Lipinski definition) is 1. The van der Waals surface area contributed by atoms with Gasteiger partial charge in [-0.2, -0.15) is 0 Å². The zero-order chi connectivity index (χ0) is 21.8. The molecule has 17 heteroatoms. The van der Waals surface area contributed by atoms with E-state index in [2.05, 4.69) is 255 Å². The Balaban J connectivity index is 6.54. The first-order valence-corrected chi connectivity index (χ1v) is 18.5. The van der Waals surface area contributed by atoms with Crippen LogP contribution in [0.2, 0.25) is 0 Å². The summed E-state index contributed by atoms with van der Waals surface area (Å²) >= 11 is 58.8. The molecule has 0 unspecified atom stereocenters. The monoisotopic (exact) mass is 1390 g/mol. The van der Waals surface area contributed by atoms with Gasteiger partial charge < -0.3 is 5.11 Å². The third-order valence-electron chi connectivity index (χ3n) is 2.93. The van der Waals surface area contributed by atoms with Crippen LogP contribution in [0, 0.1) is 0 Å². The van der Waals surface area contributed by atoms with E-state index in [1.165, 1.54) is 0 Å². The van der Waals surface area contributed by atoms with Crippen molar-refractivity contribution in [2.45, 2.75) is 26.4 Å². The molecular formula is C9H4Br16O. The topological polar surface area (TPSA) is 20.2 Å². The van der Waals surface area contributed by atoms with Crippen molar-refractivity contribution in [3.05, 3.63) is 0 Å². The molecule has 0 aromatic rings. The Morgan fingerprint density at radius 3 is 1.04 bits per heavy atom. The van der Waals surface area contributed by atoms with Crippen LogP contribution in [0.15, 0.2) is 0 Å². The summed E-state index contributed by atoms with van der Waals surface area (Å²) in [6.45, 7) is -0.241. The van der Waals surface area contributed by atoms with E-state index in [1.54, 1.807) is 0 Å². The van der Waals surface area contributed by atoms with E-state index in [0.717, 1.165) is 0 Å². The number of aliphatic hydroxyl groups is 1. The molecule has 0 amide bonds. The molecule has 0 spiro atoms. The van der Waals surface area contributed by atoms with Crippen LogP contribution in [-0.2, 0) is 0 Å². The fourth-order valence-electron chi connectivity index (χ4n) is 1.27. The number of alkyl halides is 16. The van der Waals surface area contributed by atoms with Crippen molar-refractivity contribution < 1.29 is 5.11 Å². The Morgan fingerprint density at radius 2 is 0.769 bits per heavy atom. The third kappa shape index (κ3) is 5.95. The van der Waals surface area contributed by atoms with Gasteiger partial charge in [0, 0.05) is 0 Å². The van der Waals surface area contributed by atoms with Gasteiger partial charge in [0.05, 0.1) is 10.3 Å². The Morgan fingerprint density at radius 1 is 0.500 bits per heavy atom. The fraction of sp³-hybridized carbons (Fsp3) is 1.00. The van der Waals surface area contributed by atoms with E-state index >= 15 is 0 Å². The molecule has 1 nitrogen and oxygen atoms in total. The summed E-state index contributed by atoms with van der Waals surface area (Å²) in [7, 11) is 0. The van der Waals surface area contributed by atoms with Crippen molar-refractivity contribution in [2.24, 2.45) is 0 Å². The van der Waals surface area contributed by atoms with Crippen LogP contribution in [0.1, 0.15) is 0 Å². The number of halogens is 16. The van der Waals surface area contributed by atoms with Gasteiger partial charge in [-0.15, -0.1) is 0 Å². The normalized spacial score (nSPS) is 16.4. The Labute approximate surface area is 286 Å². The van der Waals surface area contributed by atoms with E-state index < -0.39 is 22.6 Å². The van der Waals surface area contributed by atoms with Crippen LogP contribution < -0.4 is 0 Å². The SMILES string of the molecule is OCC(Br)(Br)C(Br)(Br)C(Br)(Br)C(Br)(Br)C(Br)(Br)C(Br)(Br)C(Br)(Br)C(Br)Br. The molecule has 0 aliphatic rings. The maximum absolute atomic E-state index is 9.83. The quantitative estimate of drug-likeness (QED) is 0.240. The minimum atomic E-state index is -1.01. The molecule has 0 aromatic heterocycles. The highest BCUT2D eigenvalue weighted by Gasteiger charge is 2.76. The Kier molecular flexibility index (Phi) is 14.7. The lowest BCUT2D eigenvalue weighted by Gasteiger charge is -2.56. The maximum Gasteiger partial charge on any atom is 0.135 e. The molecule has 0 heterocycles. The lowest BCUT2D eigenvalue weighted by atomic mass is 10.1. The van der Waals surface area contributed by atoms with E-state index in [0.29, 0.717) is 0 Å². The smallest absolute Gasteiger partial charge is 0.135 e. The molecule has 0 aliphatic carbocycles. The van der Waals surface area contributed by atoms with Crippen LogP contribution >= 0.6 is 255 Å². The lowest BCUT2D eigenvalue weighted by molar-refractivity contribution is 0.282. The summed E-state index contributed by atoms with van der Waals surface area (Å²) in [5, 5.41) is 9.83. The van der Waals surface area contributed by atoms with Gasteiger partial charge >= 0.3 is 0 Å². The molecule has 1 N–H and O–H groups in total. The van der Waals surface area contributed by atoms with Gasteiger partial charge in [0.1, 0.15) is 22.6 Å².